The molecule has 13 heteroatoms. The van der Waals surface area contributed by atoms with Crippen molar-refractivity contribution in [1.29, 1.82) is 0 Å². The molecule has 2 aromatic rings. The van der Waals surface area contributed by atoms with Crippen molar-refractivity contribution in [3.05, 3.63) is 59.1 Å². The molecular weight excluding hydrogens is 517 g/mol. The third-order valence-corrected chi connectivity index (χ3v) is 5.75. The van der Waals surface area contributed by atoms with Crippen molar-refractivity contribution in [3.63, 3.8) is 0 Å². The first-order valence-electron chi connectivity index (χ1n) is 11.4. The Kier molecular flexibility index (Phi) is 9.59. The lowest BCUT2D eigenvalue weighted by Gasteiger charge is -2.37. The van der Waals surface area contributed by atoms with Gasteiger partial charge in [-0.05, 0) is 74.5 Å². The third-order valence-electron chi connectivity index (χ3n) is 5.50. The summed E-state index contributed by atoms with van der Waals surface area (Å²) in [5.74, 6) is -1.53. The highest BCUT2D eigenvalue weighted by Crippen LogP contribution is 2.25. The quantitative estimate of drug-likeness (QED) is 0.343. The van der Waals surface area contributed by atoms with Crippen molar-refractivity contribution in [2.75, 3.05) is 32.8 Å². The minimum absolute atomic E-state index is 0.145. The lowest BCUT2D eigenvalue weighted by molar-refractivity contribution is -0.274. The second kappa shape index (κ2) is 12.6. The highest BCUT2D eigenvalue weighted by atomic mass is 35.5. The highest BCUT2D eigenvalue weighted by Gasteiger charge is 2.40. The number of benzene rings is 2. The van der Waals surface area contributed by atoms with Crippen LogP contribution in [0.2, 0.25) is 5.02 Å². The van der Waals surface area contributed by atoms with Gasteiger partial charge in [0, 0.05) is 23.7 Å². The molecule has 9 nitrogen and oxygen atoms in total. The molecule has 0 unspecified atom stereocenters. The van der Waals surface area contributed by atoms with Crippen LogP contribution in [-0.2, 0) is 9.59 Å². The van der Waals surface area contributed by atoms with E-state index in [0.717, 1.165) is 12.1 Å². The number of alkyl halides is 3. The van der Waals surface area contributed by atoms with Crippen molar-refractivity contribution >= 4 is 29.3 Å². The predicted octanol–water partition coefficient (Wildman–Crippen LogP) is 2.40. The Labute approximate surface area is 216 Å². The Hall–Kier alpha value is -3.51. The van der Waals surface area contributed by atoms with Gasteiger partial charge in [-0.3, -0.25) is 14.4 Å². The Bertz CT molecular complexity index is 1080. The van der Waals surface area contributed by atoms with Crippen LogP contribution in [0.4, 0.5) is 13.2 Å². The van der Waals surface area contributed by atoms with E-state index in [0.29, 0.717) is 36.5 Å². The van der Waals surface area contributed by atoms with E-state index in [1.165, 1.54) is 12.1 Å². The van der Waals surface area contributed by atoms with Crippen molar-refractivity contribution in [1.82, 2.24) is 21.3 Å². The van der Waals surface area contributed by atoms with Gasteiger partial charge < -0.3 is 30.7 Å². The van der Waals surface area contributed by atoms with E-state index >= 15 is 0 Å². The molecule has 1 heterocycles. The fourth-order valence-corrected chi connectivity index (χ4v) is 3.80. The van der Waals surface area contributed by atoms with Gasteiger partial charge in [-0.2, -0.15) is 0 Å². The zero-order valence-corrected chi connectivity index (χ0v) is 20.4. The second-order valence-corrected chi connectivity index (χ2v) is 8.64. The Balaban J connectivity index is 1.48. The van der Waals surface area contributed by atoms with Crippen molar-refractivity contribution in [3.8, 4) is 11.5 Å². The smallest absolute Gasteiger partial charge is 0.484 e. The SMILES string of the molecule is O=C(COc1ccc(OC(F)(F)F)cc1)NC1(C(=O)NCCNC(=O)c2ccc(Cl)cc2)CCNCC1. The molecule has 1 aliphatic heterocycles. The second-order valence-electron chi connectivity index (χ2n) is 8.21. The lowest BCUT2D eigenvalue weighted by atomic mass is 9.87. The molecule has 1 fully saturated rings. The van der Waals surface area contributed by atoms with E-state index in [4.69, 9.17) is 16.3 Å². The summed E-state index contributed by atoms with van der Waals surface area (Å²) in [5, 5.41) is 11.8. The molecule has 0 saturated carbocycles. The van der Waals surface area contributed by atoms with Crippen LogP contribution in [0.25, 0.3) is 0 Å². The number of nitrogens with one attached hydrogen (secondary N) is 4. The molecule has 2 aromatic carbocycles. The molecule has 0 aromatic heterocycles. The monoisotopic (exact) mass is 542 g/mol. The van der Waals surface area contributed by atoms with E-state index < -0.39 is 36.1 Å². The maximum atomic E-state index is 13.0. The predicted molar refractivity (Wildman–Crippen MR) is 128 cm³/mol. The van der Waals surface area contributed by atoms with Gasteiger partial charge in [0.05, 0.1) is 0 Å². The summed E-state index contributed by atoms with van der Waals surface area (Å²) >= 11 is 5.82. The van der Waals surface area contributed by atoms with E-state index in [1.54, 1.807) is 24.3 Å². The largest absolute Gasteiger partial charge is 0.573 e. The Morgan fingerprint density at radius 1 is 0.919 bits per heavy atom. The number of piperidine rings is 1. The average Bonchev–Trinajstić information content (AvgIpc) is 2.86. The van der Waals surface area contributed by atoms with Crippen LogP contribution >= 0.6 is 11.6 Å². The first-order valence-corrected chi connectivity index (χ1v) is 11.8. The summed E-state index contributed by atoms with van der Waals surface area (Å²) in [6, 6.07) is 11.0. The van der Waals surface area contributed by atoms with Crippen molar-refractivity contribution < 1.29 is 37.0 Å². The summed E-state index contributed by atoms with van der Waals surface area (Å²) in [4.78, 5) is 37.8. The van der Waals surface area contributed by atoms with Crippen LogP contribution in [-0.4, -0.2) is 62.4 Å². The first kappa shape index (κ1) is 28.1. The van der Waals surface area contributed by atoms with Gasteiger partial charge >= 0.3 is 6.36 Å². The number of hydrogen-bond donors (Lipinski definition) is 4. The van der Waals surface area contributed by atoms with E-state index in [2.05, 4.69) is 26.0 Å². The minimum atomic E-state index is -4.81. The number of ether oxygens (including phenoxy) is 2. The number of carbonyl (C=O) groups excluding carboxylic acids is 3. The maximum absolute atomic E-state index is 13.0. The van der Waals surface area contributed by atoms with Gasteiger partial charge in [0.2, 0.25) is 5.91 Å². The van der Waals surface area contributed by atoms with Gasteiger partial charge in [-0.25, -0.2) is 0 Å². The molecule has 0 aliphatic carbocycles. The van der Waals surface area contributed by atoms with Crippen LogP contribution < -0.4 is 30.7 Å². The van der Waals surface area contributed by atoms with E-state index in [9.17, 15) is 27.6 Å². The Morgan fingerprint density at radius 2 is 1.51 bits per heavy atom. The number of halogens is 4. The molecule has 37 heavy (non-hydrogen) atoms. The van der Waals surface area contributed by atoms with Crippen LogP contribution in [0.5, 0.6) is 11.5 Å². The normalized spacial score (nSPS) is 14.8. The van der Waals surface area contributed by atoms with Gasteiger partial charge in [0.15, 0.2) is 6.61 Å². The molecule has 1 saturated heterocycles. The van der Waals surface area contributed by atoms with Crippen LogP contribution in [0.15, 0.2) is 48.5 Å². The third kappa shape index (κ3) is 8.83. The van der Waals surface area contributed by atoms with Crippen LogP contribution in [0.1, 0.15) is 23.2 Å². The number of amides is 3. The average molecular weight is 543 g/mol. The molecule has 4 N–H and O–H groups in total. The molecule has 0 atom stereocenters. The van der Waals surface area contributed by atoms with E-state index in [1.807, 2.05) is 0 Å². The van der Waals surface area contributed by atoms with Gasteiger partial charge in [0.1, 0.15) is 17.0 Å². The van der Waals surface area contributed by atoms with Crippen molar-refractivity contribution in [2.24, 2.45) is 0 Å². The van der Waals surface area contributed by atoms with E-state index in [-0.39, 0.29) is 24.7 Å². The number of rotatable bonds is 10. The highest BCUT2D eigenvalue weighted by molar-refractivity contribution is 6.30. The van der Waals surface area contributed by atoms with Gasteiger partial charge in [-0.1, -0.05) is 11.6 Å². The molecule has 3 rings (SSSR count). The fourth-order valence-electron chi connectivity index (χ4n) is 3.68. The summed E-state index contributed by atoms with van der Waals surface area (Å²) in [6.07, 6.45) is -4.13. The van der Waals surface area contributed by atoms with Gasteiger partial charge in [0.25, 0.3) is 11.8 Å². The molecule has 0 bridgehead atoms. The standard InChI is InChI=1S/C24H26ClF3N4O5/c25-17-3-1-16(2-4-17)21(34)30-13-14-31-22(35)23(9-11-29-12-10-23)32-20(33)15-36-18-5-7-19(8-6-18)37-24(26,27)28/h1-8,29H,9-15H2,(H,30,34)(H,31,35)(H,32,33). The molecular formula is C24H26ClF3N4O5. The van der Waals surface area contributed by atoms with Crippen LogP contribution in [0.3, 0.4) is 0 Å². The van der Waals surface area contributed by atoms with Gasteiger partial charge in [-0.15, -0.1) is 13.2 Å². The summed E-state index contributed by atoms with van der Waals surface area (Å²) in [5.41, 5.74) is -0.739. The topological polar surface area (TPSA) is 118 Å². The first-order chi connectivity index (χ1) is 17.6. The van der Waals surface area contributed by atoms with Crippen molar-refractivity contribution in [2.45, 2.75) is 24.7 Å². The lowest BCUT2D eigenvalue weighted by Crippen LogP contribution is -2.63. The molecule has 1 aliphatic rings. The summed E-state index contributed by atoms with van der Waals surface area (Å²) in [7, 11) is 0. The zero-order valence-electron chi connectivity index (χ0n) is 19.6. The fraction of sp³-hybridized carbons (Fsp3) is 0.375. The molecule has 200 valence electrons. The van der Waals surface area contributed by atoms with Crippen LogP contribution in [0, 0.1) is 0 Å². The zero-order chi connectivity index (χ0) is 26.9. The number of hydrogen-bond acceptors (Lipinski definition) is 6. The Morgan fingerprint density at radius 3 is 2.14 bits per heavy atom. The minimum Gasteiger partial charge on any atom is -0.484 e. The maximum Gasteiger partial charge on any atom is 0.573 e. The summed E-state index contributed by atoms with van der Waals surface area (Å²) < 4.78 is 45.9. The molecule has 0 radical (unpaired) electrons. The summed E-state index contributed by atoms with van der Waals surface area (Å²) in [6.45, 7) is 0.878. The molecule has 3 amide bonds. The molecule has 0 spiro atoms. The number of carbonyl (C=O) groups is 3.